The minimum absolute atomic E-state index is 1.22. The number of aryl methyl sites for hydroxylation is 1. The molecule has 0 aliphatic heterocycles. The Bertz CT molecular complexity index is 181. The molecule has 0 amide bonds. The van der Waals surface area contributed by atoms with Crippen LogP contribution in [0.2, 0.25) is 0 Å². The third kappa shape index (κ3) is 1.66. The molecule has 0 aliphatic rings. The van der Waals surface area contributed by atoms with Gasteiger partial charge < -0.3 is 0 Å². The molecule has 0 radical (unpaired) electrons. The van der Waals surface area contributed by atoms with E-state index in [0.29, 0.717) is 0 Å². The monoisotopic (exact) mass is 156 g/mol. The van der Waals surface area contributed by atoms with Crippen LogP contribution in [0, 0.1) is 0 Å². The van der Waals surface area contributed by atoms with Crippen molar-refractivity contribution in [3.63, 3.8) is 0 Å². The van der Waals surface area contributed by atoms with E-state index in [9.17, 15) is 0 Å². The second kappa shape index (κ2) is 3.18. The van der Waals surface area contributed by atoms with Crippen LogP contribution in [0.4, 0.5) is 0 Å². The third-order valence-corrected chi connectivity index (χ3v) is 3.83. The van der Waals surface area contributed by atoms with Gasteiger partial charge in [0, 0.05) is 15.1 Å². The Balaban J connectivity index is 2.69. The maximum Gasteiger partial charge on any atom is 0.0399 e. The van der Waals surface area contributed by atoms with Gasteiger partial charge in [-0.2, -0.15) is 0 Å². The van der Waals surface area contributed by atoms with Gasteiger partial charge in [0.15, 0.2) is 0 Å². The predicted octanol–water partition coefficient (Wildman–Crippen LogP) is 0.691. The lowest BCUT2D eigenvalue weighted by atomic mass is 10.3. The molecule has 0 unspecified atom stereocenters. The van der Waals surface area contributed by atoms with Gasteiger partial charge in [-0.3, -0.25) is 0 Å². The molecule has 50 valence electrons. The van der Waals surface area contributed by atoms with E-state index in [1.807, 2.05) is 11.3 Å². The van der Waals surface area contributed by atoms with Crippen LogP contribution >= 0.6 is 11.3 Å². The van der Waals surface area contributed by atoms with E-state index in [2.05, 4.69) is 18.4 Å². The van der Waals surface area contributed by atoms with E-state index in [-0.39, 0.29) is 0 Å². The van der Waals surface area contributed by atoms with Gasteiger partial charge in [0.05, 0.1) is 0 Å². The second-order valence-electron chi connectivity index (χ2n) is 2.28. The fourth-order valence-electron chi connectivity index (χ4n) is 0.887. The first-order valence-corrected chi connectivity index (χ1v) is 5.25. The van der Waals surface area contributed by atoms with E-state index < -0.39 is 0 Å². The molecule has 0 N–H and O–H groups in total. The molecule has 0 aromatic carbocycles. The predicted molar refractivity (Wildman–Crippen MR) is 47.9 cm³/mol. The molecule has 0 saturated carbocycles. The highest BCUT2D eigenvalue weighted by molar-refractivity contribution is 7.11. The van der Waals surface area contributed by atoms with Crippen molar-refractivity contribution in [2.24, 2.45) is 0 Å². The zero-order chi connectivity index (χ0) is 6.69. The van der Waals surface area contributed by atoms with Crippen molar-refractivity contribution in [2.45, 2.75) is 19.8 Å². The molecule has 0 fully saturated rings. The maximum atomic E-state index is 2.25. The van der Waals surface area contributed by atoms with Gasteiger partial charge in [0.1, 0.15) is 0 Å². The molecule has 9 heavy (non-hydrogen) atoms. The van der Waals surface area contributed by atoms with Crippen molar-refractivity contribution in [3.8, 4) is 0 Å². The van der Waals surface area contributed by atoms with E-state index in [0.717, 1.165) is 0 Å². The molecule has 1 rings (SSSR count). The molecule has 1 heterocycles. The fraction of sp³-hybridized carbons (Fsp3) is 0.429. The van der Waals surface area contributed by atoms with Crippen LogP contribution in [0.3, 0.4) is 0 Å². The zero-order valence-electron chi connectivity index (χ0n) is 5.98. The Hall–Kier alpha value is -0.0831. The van der Waals surface area contributed by atoms with Gasteiger partial charge in [-0.1, -0.05) is 24.6 Å². The first-order chi connectivity index (χ1) is 4.34. The summed E-state index contributed by atoms with van der Waals surface area (Å²) >= 11 is 1.91. The summed E-state index contributed by atoms with van der Waals surface area (Å²) in [5, 5.41) is 3.80. The average molecular weight is 156 g/mol. The molecule has 0 aliphatic carbocycles. The van der Waals surface area contributed by atoms with Crippen molar-refractivity contribution >= 4 is 26.8 Å². The van der Waals surface area contributed by atoms with Crippen LogP contribution < -0.4 is 5.19 Å². The Morgan fingerprint density at radius 3 is 2.89 bits per heavy atom. The fourth-order valence-corrected chi connectivity index (χ4v) is 2.91. The topological polar surface area (TPSA) is 0 Å². The SMILES string of the molecule is CCCc1sccc1[SiH3]. The molecule has 2 heteroatoms. The summed E-state index contributed by atoms with van der Waals surface area (Å²) in [6, 6.07) is 2.25. The van der Waals surface area contributed by atoms with Crippen molar-refractivity contribution < 1.29 is 0 Å². The Kier molecular flexibility index (Phi) is 2.48. The van der Waals surface area contributed by atoms with Gasteiger partial charge in [-0.05, 0) is 11.8 Å². The van der Waals surface area contributed by atoms with Crippen molar-refractivity contribution in [1.82, 2.24) is 0 Å². The number of hydrogen-bond acceptors (Lipinski definition) is 1. The van der Waals surface area contributed by atoms with E-state index >= 15 is 0 Å². The first-order valence-electron chi connectivity index (χ1n) is 3.37. The largest absolute Gasteiger partial charge is 0.149 e. The summed E-state index contributed by atoms with van der Waals surface area (Å²) in [6.07, 6.45) is 2.58. The molecule has 0 saturated heterocycles. The lowest BCUT2D eigenvalue weighted by Gasteiger charge is -1.92. The van der Waals surface area contributed by atoms with Crippen molar-refractivity contribution in [3.05, 3.63) is 16.3 Å². The second-order valence-corrected chi connectivity index (χ2v) is 4.35. The lowest BCUT2D eigenvalue weighted by molar-refractivity contribution is 0.944. The van der Waals surface area contributed by atoms with Gasteiger partial charge >= 0.3 is 0 Å². The third-order valence-electron chi connectivity index (χ3n) is 1.45. The molecule has 0 nitrogen and oxygen atoms in total. The molecule has 0 bridgehead atoms. The lowest BCUT2D eigenvalue weighted by Crippen LogP contribution is -2.03. The van der Waals surface area contributed by atoms with Gasteiger partial charge in [0.2, 0.25) is 0 Å². The molecular weight excluding hydrogens is 144 g/mol. The van der Waals surface area contributed by atoms with E-state index in [1.165, 1.54) is 23.1 Å². The summed E-state index contributed by atoms with van der Waals surface area (Å²) in [4.78, 5) is 1.61. The molecular formula is C7H12SSi. The van der Waals surface area contributed by atoms with E-state index in [4.69, 9.17) is 0 Å². The van der Waals surface area contributed by atoms with Gasteiger partial charge in [-0.25, -0.2) is 0 Å². The summed E-state index contributed by atoms with van der Waals surface area (Å²) < 4.78 is 0. The van der Waals surface area contributed by atoms with Crippen LogP contribution in [0.15, 0.2) is 11.4 Å². The number of hydrogen-bond donors (Lipinski definition) is 0. The van der Waals surface area contributed by atoms with Crippen LogP contribution in [-0.2, 0) is 6.42 Å². The molecule has 1 aromatic rings. The Morgan fingerprint density at radius 1 is 1.67 bits per heavy atom. The maximum absolute atomic E-state index is 2.25. The van der Waals surface area contributed by atoms with Crippen molar-refractivity contribution in [2.75, 3.05) is 0 Å². The summed E-state index contributed by atoms with van der Waals surface area (Å²) in [6.45, 7) is 2.24. The Morgan fingerprint density at radius 2 is 2.44 bits per heavy atom. The summed E-state index contributed by atoms with van der Waals surface area (Å²) in [5.41, 5.74) is 0. The average Bonchev–Trinajstić information content (AvgIpc) is 2.18. The minimum atomic E-state index is 1.22. The number of rotatable bonds is 2. The van der Waals surface area contributed by atoms with Crippen LogP contribution in [0.5, 0.6) is 0 Å². The smallest absolute Gasteiger partial charge is 0.0399 e. The standard InChI is InChI=1S/C7H12SSi/c1-2-3-6-7(9)4-5-8-6/h4-5H,2-3H2,1,9H3. The zero-order valence-corrected chi connectivity index (χ0v) is 8.79. The quantitative estimate of drug-likeness (QED) is 0.553. The first kappa shape index (κ1) is 7.03. The van der Waals surface area contributed by atoms with E-state index in [1.54, 1.807) is 10.1 Å². The highest BCUT2D eigenvalue weighted by Gasteiger charge is 1.95. The highest BCUT2D eigenvalue weighted by atomic mass is 32.1. The molecule has 1 aromatic heterocycles. The van der Waals surface area contributed by atoms with Crippen molar-refractivity contribution in [1.29, 1.82) is 0 Å². The van der Waals surface area contributed by atoms with Crippen LogP contribution in [-0.4, -0.2) is 10.2 Å². The molecule has 0 spiro atoms. The minimum Gasteiger partial charge on any atom is -0.149 e. The Labute approximate surface area is 63.3 Å². The summed E-state index contributed by atoms with van der Waals surface area (Å²) in [5.74, 6) is 0. The normalized spacial score (nSPS) is 10.3. The highest BCUT2D eigenvalue weighted by Crippen LogP contribution is 2.06. The summed E-state index contributed by atoms with van der Waals surface area (Å²) in [7, 11) is 1.22. The van der Waals surface area contributed by atoms with Gasteiger partial charge in [-0.15, -0.1) is 11.3 Å². The van der Waals surface area contributed by atoms with Crippen LogP contribution in [0.1, 0.15) is 18.2 Å². The number of thiophene rings is 1. The van der Waals surface area contributed by atoms with Gasteiger partial charge in [0.25, 0.3) is 0 Å². The molecule has 0 atom stereocenters. The van der Waals surface area contributed by atoms with Crippen LogP contribution in [0.25, 0.3) is 0 Å².